The topological polar surface area (TPSA) is 48.5 Å². The van der Waals surface area contributed by atoms with Gasteiger partial charge in [-0.15, -0.1) is 0 Å². The third-order valence-electron chi connectivity index (χ3n) is 11.6. The molecule has 0 saturated carbocycles. The summed E-state index contributed by atoms with van der Waals surface area (Å²) in [6.07, 6.45) is 0.911. The second-order valence-corrected chi connectivity index (χ2v) is 14.8. The zero-order chi connectivity index (χ0) is 37.5. The zero-order valence-electron chi connectivity index (χ0n) is 30.8. The third kappa shape index (κ3) is 4.85. The molecule has 0 unspecified atom stereocenters. The Morgan fingerprint density at radius 2 is 0.860 bits per heavy atom. The third-order valence-corrected chi connectivity index (χ3v) is 11.6. The molecule has 0 aliphatic heterocycles. The van der Waals surface area contributed by atoms with Crippen molar-refractivity contribution in [3.63, 3.8) is 0 Å². The summed E-state index contributed by atoms with van der Waals surface area (Å²) in [6, 6.07) is 66.9. The number of hydrogen-bond donors (Lipinski definition) is 0. The van der Waals surface area contributed by atoms with Crippen molar-refractivity contribution in [3.05, 3.63) is 199 Å². The average molecular weight is 728 g/mol. The summed E-state index contributed by atoms with van der Waals surface area (Å²) in [6.45, 7) is 0. The van der Waals surface area contributed by atoms with Crippen molar-refractivity contribution in [3.8, 4) is 56.7 Å². The van der Waals surface area contributed by atoms with E-state index in [0.717, 1.165) is 56.1 Å². The molecule has 0 amide bonds. The molecule has 11 aromatic rings. The van der Waals surface area contributed by atoms with Gasteiger partial charge in [0.05, 0.1) is 22.1 Å². The molecular formula is C52H33N5. The number of nitrogens with zero attached hydrogens (tertiary/aromatic N) is 5. The fraction of sp³-hybridized carbons (Fsp3) is 0.0192. The first kappa shape index (κ1) is 31.7. The van der Waals surface area contributed by atoms with Crippen molar-refractivity contribution in [2.75, 3.05) is 0 Å². The summed E-state index contributed by atoms with van der Waals surface area (Å²) in [5, 5.41) is 4.64. The first-order valence-electron chi connectivity index (χ1n) is 19.4. The molecule has 0 atom stereocenters. The van der Waals surface area contributed by atoms with Gasteiger partial charge in [0, 0.05) is 38.4 Å². The highest BCUT2D eigenvalue weighted by molar-refractivity contribution is 6.23. The molecule has 3 heterocycles. The van der Waals surface area contributed by atoms with Crippen LogP contribution in [-0.2, 0) is 6.42 Å². The van der Waals surface area contributed by atoms with E-state index >= 15 is 0 Å². The van der Waals surface area contributed by atoms with E-state index in [-0.39, 0.29) is 0 Å². The molecule has 8 aromatic carbocycles. The van der Waals surface area contributed by atoms with Crippen molar-refractivity contribution in [1.82, 2.24) is 24.1 Å². The smallest absolute Gasteiger partial charge is 0.238 e. The van der Waals surface area contributed by atoms with Gasteiger partial charge in [-0.1, -0.05) is 164 Å². The van der Waals surface area contributed by atoms with Crippen LogP contribution in [0.3, 0.4) is 0 Å². The molecule has 0 fully saturated rings. The van der Waals surface area contributed by atoms with Gasteiger partial charge in [-0.05, 0) is 64.1 Å². The Morgan fingerprint density at radius 1 is 0.368 bits per heavy atom. The predicted molar refractivity (Wildman–Crippen MR) is 233 cm³/mol. The lowest BCUT2D eigenvalue weighted by Crippen LogP contribution is -2.07. The zero-order valence-corrected chi connectivity index (χ0v) is 30.8. The molecule has 0 N–H and O–H groups in total. The molecule has 3 aromatic heterocycles. The van der Waals surface area contributed by atoms with Crippen LogP contribution in [0.4, 0.5) is 0 Å². The largest absolute Gasteiger partial charge is 0.307 e. The van der Waals surface area contributed by atoms with Gasteiger partial charge in [-0.25, -0.2) is 4.98 Å². The molecule has 12 rings (SSSR count). The average Bonchev–Trinajstić information content (AvgIpc) is 3.95. The summed E-state index contributed by atoms with van der Waals surface area (Å²) in [5.74, 6) is 1.83. The number of hydrogen-bond acceptors (Lipinski definition) is 3. The summed E-state index contributed by atoms with van der Waals surface area (Å²) in [7, 11) is 0. The molecule has 0 spiro atoms. The van der Waals surface area contributed by atoms with E-state index < -0.39 is 0 Å². The molecule has 1 aliphatic carbocycles. The standard InChI is InChI=1S/C52H33N5/c1-4-16-33(17-5-1)43-31-37(32-45-38-23-11-10-22-36(38)30-44(43)45)56-46-26-14-12-24-39(46)41-28-29-42-40-25-13-15-27-47(40)57(49(42)48(41)56)52-54-50(34-18-6-2-7-19-34)53-51(55-52)35-20-8-3-9-21-35/h1-29,31-32H,30H2. The number of rotatable bonds is 5. The van der Waals surface area contributed by atoms with E-state index in [4.69, 9.17) is 15.0 Å². The Bertz CT molecular complexity index is 3300. The summed E-state index contributed by atoms with van der Waals surface area (Å²) < 4.78 is 4.75. The number of para-hydroxylation sites is 2. The molecule has 0 saturated heterocycles. The van der Waals surface area contributed by atoms with Crippen LogP contribution in [0.15, 0.2) is 188 Å². The molecule has 57 heavy (non-hydrogen) atoms. The Kier molecular flexibility index (Phi) is 6.92. The maximum atomic E-state index is 5.29. The SMILES string of the molecule is c1ccc(-c2nc(-c3ccccc3)nc(-n3c4ccccc4c4ccc5c6ccccc6n(-c6cc(-c7ccccc7)c7c(c6)-c6ccccc6C7)c5c43)n2)cc1. The summed E-state index contributed by atoms with van der Waals surface area (Å²) >= 11 is 0. The highest BCUT2D eigenvalue weighted by atomic mass is 15.2. The van der Waals surface area contributed by atoms with E-state index in [1.807, 2.05) is 36.4 Å². The number of aromatic nitrogens is 5. The van der Waals surface area contributed by atoms with E-state index in [1.54, 1.807) is 0 Å². The van der Waals surface area contributed by atoms with Gasteiger partial charge in [0.2, 0.25) is 5.95 Å². The van der Waals surface area contributed by atoms with Crippen LogP contribution in [0, 0.1) is 0 Å². The summed E-state index contributed by atoms with van der Waals surface area (Å²) in [4.78, 5) is 15.6. The monoisotopic (exact) mass is 727 g/mol. The first-order valence-corrected chi connectivity index (χ1v) is 19.4. The lowest BCUT2D eigenvalue weighted by Gasteiger charge is -2.17. The highest BCUT2D eigenvalue weighted by Crippen LogP contribution is 2.46. The van der Waals surface area contributed by atoms with E-state index in [2.05, 4.69) is 161 Å². The second kappa shape index (κ2) is 12.4. The number of benzene rings is 8. The van der Waals surface area contributed by atoms with Gasteiger partial charge >= 0.3 is 0 Å². The van der Waals surface area contributed by atoms with Gasteiger partial charge in [0.15, 0.2) is 11.6 Å². The van der Waals surface area contributed by atoms with Gasteiger partial charge in [-0.3, -0.25) is 4.57 Å². The van der Waals surface area contributed by atoms with Crippen LogP contribution >= 0.6 is 0 Å². The highest BCUT2D eigenvalue weighted by Gasteiger charge is 2.27. The van der Waals surface area contributed by atoms with E-state index in [1.165, 1.54) is 44.2 Å². The molecule has 0 bridgehead atoms. The van der Waals surface area contributed by atoms with Crippen LogP contribution in [0.2, 0.25) is 0 Å². The van der Waals surface area contributed by atoms with E-state index in [0.29, 0.717) is 17.6 Å². The minimum Gasteiger partial charge on any atom is -0.307 e. The van der Waals surface area contributed by atoms with Crippen LogP contribution in [-0.4, -0.2) is 24.1 Å². The Hall–Kier alpha value is -7.63. The Morgan fingerprint density at radius 3 is 1.49 bits per heavy atom. The second-order valence-electron chi connectivity index (χ2n) is 14.8. The normalized spacial score (nSPS) is 12.1. The first-order chi connectivity index (χ1) is 28.3. The van der Waals surface area contributed by atoms with Crippen molar-refractivity contribution in [1.29, 1.82) is 0 Å². The Labute approximate surface area is 328 Å². The lowest BCUT2D eigenvalue weighted by atomic mass is 9.94. The minimum absolute atomic E-state index is 0.575. The lowest BCUT2D eigenvalue weighted by molar-refractivity contribution is 0.953. The minimum atomic E-state index is 0.575. The predicted octanol–water partition coefficient (Wildman–Crippen LogP) is 12.6. The summed E-state index contributed by atoms with van der Waals surface area (Å²) in [5.41, 5.74) is 15.1. The molecule has 0 radical (unpaired) electrons. The van der Waals surface area contributed by atoms with Gasteiger partial charge in [0.25, 0.3) is 0 Å². The van der Waals surface area contributed by atoms with Gasteiger partial charge in [0.1, 0.15) is 0 Å². The fourth-order valence-electron chi connectivity index (χ4n) is 9.09. The van der Waals surface area contributed by atoms with Crippen LogP contribution in [0.5, 0.6) is 0 Å². The molecule has 5 nitrogen and oxygen atoms in total. The fourth-order valence-corrected chi connectivity index (χ4v) is 9.09. The quantitative estimate of drug-likeness (QED) is 0.177. The van der Waals surface area contributed by atoms with Crippen molar-refractivity contribution in [2.45, 2.75) is 6.42 Å². The number of fused-ring (bicyclic) bond motifs is 10. The molecule has 266 valence electrons. The molecule has 5 heteroatoms. The Balaban J connectivity index is 1.23. The van der Waals surface area contributed by atoms with Gasteiger partial charge in [-0.2, -0.15) is 9.97 Å². The van der Waals surface area contributed by atoms with Crippen LogP contribution in [0.25, 0.3) is 100 Å². The maximum absolute atomic E-state index is 5.29. The van der Waals surface area contributed by atoms with Crippen molar-refractivity contribution < 1.29 is 0 Å². The van der Waals surface area contributed by atoms with Gasteiger partial charge < -0.3 is 4.57 Å². The van der Waals surface area contributed by atoms with Crippen LogP contribution < -0.4 is 0 Å². The molecule has 1 aliphatic rings. The molecular weight excluding hydrogens is 695 g/mol. The maximum Gasteiger partial charge on any atom is 0.238 e. The van der Waals surface area contributed by atoms with Crippen molar-refractivity contribution >= 4 is 43.6 Å². The van der Waals surface area contributed by atoms with E-state index in [9.17, 15) is 0 Å². The van der Waals surface area contributed by atoms with Crippen LogP contribution in [0.1, 0.15) is 11.1 Å². The van der Waals surface area contributed by atoms with Crippen molar-refractivity contribution in [2.24, 2.45) is 0 Å².